The molecule has 0 fully saturated rings. The number of carbonyl (C=O) groups is 1. The number of benzene rings is 2. The van der Waals surface area contributed by atoms with E-state index in [4.69, 9.17) is 20.8 Å². The van der Waals surface area contributed by atoms with Gasteiger partial charge in [-0.3, -0.25) is 25.0 Å². The van der Waals surface area contributed by atoms with Crippen molar-refractivity contribution in [1.29, 1.82) is 0 Å². The Morgan fingerprint density at radius 3 is 2.52 bits per heavy atom. The number of nitro benzene ring substituents is 2. The number of nitro groups is 2. The molecule has 3 aromatic rings. The second kappa shape index (κ2) is 9.50. The van der Waals surface area contributed by atoms with Crippen LogP contribution in [0.4, 0.5) is 11.4 Å². The van der Waals surface area contributed by atoms with E-state index < -0.39 is 22.4 Å². The Bertz CT molecular complexity index is 1160. The van der Waals surface area contributed by atoms with Crippen LogP contribution in [0.5, 0.6) is 5.75 Å². The van der Waals surface area contributed by atoms with Gasteiger partial charge < -0.3 is 9.15 Å². The Labute approximate surface area is 179 Å². The summed E-state index contributed by atoms with van der Waals surface area (Å²) in [5, 5.41) is 25.6. The molecular weight excluding hydrogens is 432 g/mol. The van der Waals surface area contributed by atoms with Crippen LogP contribution < -0.4 is 10.2 Å². The summed E-state index contributed by atoms with van der Waals surface area (Å²) >= 11 is 5.72. The first kappa shape index (κ1) is 21.5. The minimum absolute atomic E-state index is 0.0362. The molecule has 1 heterocycles. The van der Waals surface area contributed by atoms with Crippen molar-refractivity contribution in [1.82, 2.24) is 5.43 Å². The number of furan rings is 1. The molecule has 0 aliphatic heterocycles. The molecule has 1 N–H and O–H groups in total. The fourth-order valence-electron chi connectivity index (χ4n) is 2.42. The molecule has 0 radical (unpaired) electrons. The molecule has 3 rings (SSSR count). The van der Waals surface area contributed by atoms with Gasteiger partial charge in [-0.2, -0.15) is 5.10 Å². The van der Waals surface area contributed by atoms with E-state index in [1.54, 1.807) is 24.3 Å². The van der Waals surface area contributed by atoms with Gasteiger partial charge in [0.05, 0.1) is 16.1 Å². The lowest BCUT2D eigenvalue weighted by Gasteiger charge is -2.05. The van der Waals surface area contributed by atoms with Crippen LogP contribution in [-0.4, -0.2) is 28.6 Å². The van der Waals surface area contributed by atoms with Crippen molar-refractivity contribution in [2.45, 2.75) is 0 Å². The van der Waals surface area contributed by atoms with Crippen molar-refractivity contribution in [3.05, 3.63) is 85.6 Å². The maximum atomic E-state index is 11.8. The minimum atomic E-state index is -0.670. The molecule has 1 amide bonds. The number of hydrazone groups is 1. The van der Waals surface area contributed by atoms with Crippen LogP contribution in [-0.2, 0) is 4.79 Å². The fraction of sp³-hybridized carbons (Fsp3) is 0.0526. The molecule has 0 aliphatic rings. The Morgan fingerprint density at radius 1 is 1.10 bits per heavy atom. The lowest BCUT2D eigenvalue weighted by Crippen LogP contribution is -2.24. The summed E-state index contributed by atoms with van der Waals surface area (Å²) in [6, 6.07) is 12.9. The van der Waals surface area contributed by atoms with Gasteiger partial charge in [0, 0.05) is 28.8 Å². The Kier molecular flexibility index (Phi) is 6.58. The molecule has 158 valence electrons. The van der Waals surface area contributed by atoms with Gasteiger partial charge in [-0.1, -0.05) is 11.6 Å². The number of hydrogen-bond acceptors (Lipinski definition) is 8. The number of carbonyl (C=O) groups excluding carboxylic acids is 1. The predicted molar refractivity (Wildman–Crippen MR) is 110 cm³/mol. The predicted octanol–water partition coefficient (Wildman–Crippen LogP) is 3.95. The lowest BCUT2D eigenvalue weighted by atomic mass is 10.1. The maximum absolute atomic E-state index is 11.8. The lowest BCUT2D eigenvalue weighted by molar-refractivity contribution is -0.385. The molecule has 12 heteroatoms. The SMILES string of the molecule is O=C(COc1ccc(Cl)cc1[N+](=O)[O-])N/N=C/c1ccc(-c2ccc([N+](=O)[O-])cc2)o1. The highest BCUT2D eigenvalue weighted by atomic mass is 35.5. The van der Waals surface area contributed by atoms with Crippen LogP contribution in [0.1, 0.15) is 5.76 Å². The summed E-state index contributed by atoms with van der Waals surface area (Å²) in [6.45, 7) is -0.508. The molecule has 0 saturated carbocycles. The molecule has 0 spiro atoms. The molecule has 0 saturated heterocycles. The minimum Gasteiger partial charge on any atom is -0.477 e. The summed E-state index contributed by atoms with van der Waals surface area (Å²) in [6.07, 6.45) is 1.25. The van der Waals surface area contributed by atoms with Crippen molar-refractivity contribution >= 4 is 35.1 Å². The van der Waals surface area contributed by atoms with Crippen molar-refractivity contribution in [3.63, 3.8) is 0 Å². The molecule has 11 nitrogen and oxygen atoms in total. The Hall–Kier alpha value is -4.25. The number of halogens is 1. The largest absolute Gasteiger partial charge is 0.477 e. The number of amides is 1. The number of ether oxygens (including phenoxy) is 1. The summed E-state index contributed by atoms with van der Waals surface area (Å²) < 4.78 is 10.7. The Morgan fingerprint density at radius 2 is 1.84 bits per heavy atom. The highest BCUT2D eigenvalue weighted by Gasteiger charge is 2.16. The van der Waals surface area contributed by atoms with Gasteiger partial charge in [0.25, 0.3) is 11.6 Å². The fourth-order valence-corrected chi connectivity index (χ4v) is 2.59. The highest BCUT2D eigenvalue weighted by Crippen LogP contribution is 2.29. The molecule has 1 aromatic heterocycles. The number of hydrogen-bond donors (Lipinski definition) is 1. The first-order valence-electron chi connectivity index (χ1n) is 8.57. The van der Waals surface area contributed by atoms with Crippen LogP contribution in [0.2, 0.25) is 5.02 Å². The number of nitrogens with one attached hydrogen (secondary N) is 1. The van der Waals surface area contributed by atoms with Gasteiger partial charge in [-0.05, 0) is 36.4 Å². The summed E-state index contributed by atoms with van der Waals surface area (Å²) in [4.78, 5) is 32.4. The third-order valence-electron chi connectivity index (χ3n) is 3.85. The molecule has 0 bridgehead atoms. The van der Waals surface area contributed by atoms with Crippen LogP contribution in [0, 0.1) is 20.2 Å². The third-order valence-corrected chi connectivity index (χ3v) is 4.08. The van der Waals surface area contributed by atoms with E-state index in [1.165, 1.54) is 30.5 Å². The monoisotopic (exact) mass is 444 g/mol. The van der Waals surface area contributed by atoms with E-state index in [9.17, 15) is 25.0 Å². The zero-order valence-electron chi connectivity index (χ0n) is 15.6. The topological polar surface area (TPSA) is 150 Å². The number of non-ortho nitro benzene ring substituents is 1. The molecule has 31 heavy (non-hydrogen) atoms. The van der Waals surface area contributed by atoms with Gasteiger partial charge >= 0.3 is 5.69 Å². The van der Waals surface area contributed by atoms with E-state index in [-0.39, 0.29) is 22.1 Å². The van der Waals surface area contributed by atoms with Gasteiger partial charge in [-0.15, -0.1) is 0 Å². The van der Waals surface area contributed by atoms with E-state index in [2.05, 4.69) is 10.5 Å². The average Bonchev–Trinajstić information content (AvgIpc) is 3.21. The van der Waals surface area contributed by atoms with E-state index in [0.29, 0.717) is 17.1 Å². The second-order valence-electron chi connectivity index (χ2n) is 5.96. The van der Waals surface area contributed by atoms with Gasteiger partial charge in [0.1, 0.15) is 11.5 Å². The normalized spacial score (nSPS) is 10.7. The van der Waals surface area contributed by atoms with Gasteiger partial charge in [0.2, 0.25) is 0 Å². The van der Waals surface area contributed by atoms with Crippen molar-refractivity contribution in [2.24, 2.45) is 5.10 Å². The molecular formula is C19H13ClN4O7. The first-order chi connectivity index (χ1) is 14.8. The molecule has 0 unspecified atom stereocenters. The summed E-state index contributed by atoms with van der Waals surface area (Å²) in [5.41, 5.74) is 2.44. The standard InChI is InChI=1S/C19H13ClN4O7/c20-13-3-7-18(16(9-13)24(28)29)30-11-19(25)22-21-10-15-6-8-17(31-15)12-1-4-14(5-2-12)23(26)27/h1-10H,11H2,(H,22,25)/b21-10+. The van der Waals surface area contributed by atoms with E-state index in [0.717, 1.165) is 6.07 Å². The smallest absolute Gasteiger partial charge is 0.312 e. The summed E-state index contributed by atoms with van der Waals surface area (Å²) in [5.74, 6) is 0.0268. The maximum Gasteiger partial charge on any atom is 0.312 e. The van der Waals surface area contributed by atoms with Gasteiger partial charge in [-0.25, -0.2) is 5.43 Å². The number of nitrogens with zero attached hydrogens (tertiary/aromatic N) is 3. The third kappa shape index (κ3) is 5.64. The number of rotatable bonds is 8. The van der Waals surface area contributed by atoms with Gasteiger partial charge in [0.15, 0.2) is 12.4 Å². The quantitative estimate of drug-likeness (QED) is 0.314. The Balaban J connectivity index is 1.55. The zero-order valence-corrected chi connectivity index (χ0v) is 16.3. The van der Waals surface area contributed by atoms with Crippen molar-refractivity contribution in [3.8, 4) is 17.1 Å². The van der Waals surface area contributed by atoms with Crippen LogP contribution >= 0.6 is 11.6 Å². The van der Waals surface area contributed by atoms with E-state index >= 15 is 0 Å². The first-order valence-corrected chi connectivity index (χ1v) is 8.94. The van der Waals surface area contributed by atoms with Crippen molar-refractivity contribution < 1.29 is 23.8 Å². The zero-order chi connectivity index (χ0) is 22.4. The molecule has 2 aromatic carbocycles. The highest BCUT2D eigenvalue weighted by molar-refractivity contribution is 6.30. The van der Waals surface area contributed by atoms with Crippen LogP contribution in [0.25, 0.3) is 11.3 Å². The molecule has 0 aliphatic carbocycles. The van der Waals surface area contributed by atoms with Crippen LogP contribution in [0.3, 0.4) is 0 Å². The average molecular weight is 445 g/mol. The van der Waals surface area contributed by atoms with Crippen molar-refractivity contribution in [2.75, 3.05) is 6.61 Å². The second-order valence-corrected chi connectivity index (χ2v) is 6.39. The summed E-state index contributed by atoms with van der Waals surface area (Å²) in [7, 11) is 0. The molecule has 0 atom stereocenters. The van der Waals surface area contributed by atoms with E-state index in [1.807, 2.05) is 0 Å². The van der Waals surface area contributed by atoms with Crippen LogP contribution in [0.15, 0.2) is 64.1 Å².